The number of ether oxygens (including phenoxy) is 1. The number of rotatable bonds is 7. The number of nitrogens with one attached hydrogen (secondary N) is 1. The second-order valence-corrected chi connectivity index (χ2v) is 4.86. The number of hydrogen-bond acceptors (Lipinski definition) is 4. The monoisotopic (exact) mass is 269 g/mol. The number of thioether (sulfide) groups is 1. The maximum Gasteiger partial charge on any atom is 0.407 e. The smallest absolute Gasteiger partial charge is 0.407 e. The van der Waals surface area contributed by atoms with Crippen molar-refractivity contribution in [3.8, 4) is 0 Å². The molecule has 0 aliphatic rings. The van der Waals surface area contributed by atoms with E-state index in [2.05, 4.69) is 5.32 Å². The summed E-state index contributed by atoms with van der Waals surface area (Å²) in [7, 11) is 0. The first-order chi connectivity index (χ1) is 8.72. The molecule has 2 N–H and O–H groups in total. The molecule has 4 nitrogen and oxygen atoms in total. The summed E-state index contributed by atoms with van der Waals surface area (Å²) in [6, 6.07) is 9.47. The van der Waals surface area contributed by atoms with Gasteiger partial charge in [0.1, 0.15) is 6.61 Å². The summed E-state index contributed by atoms with van der Waals surface area (Å²) in [6.07, 6.45) is 1.64. The Morgan fingerprint density at radius 3 is 2.83 bits per heavy atom. The van der Waals surface area contributed by atoms with E-state index in [4.69, 9.17) is 4.74 Å². The van der Waals surface area contributed by atoms with E-state index >= 15 is 0 Å². The van der Waals surface area contributed by atoms with E-state index in [0.29, 0.717) is 6.42 Å². The van der Waals surface area contributed by atoms with Crippen LogP contribution in [0.1, 0.15) is 12.0 Å². The van der Waals surface area contributed by atoms with Crippen molar-refractivity contribution in [2.45, 2.75) is 19.1 Å². The molecule has 0 radical (unpaired) electrons. The predicted molar refractivity (Wildman–Crippen MR) is 73.6 cm³/mol. The first-order valence-electron chi connectivity index (χ1n) is 5.84. The predicted octanol–water partition coefficient (Wildman–Crippen LogP) is 2.03. The third-order valence-corrected chi connectivity index (χ3v) is 2.99. The highest BCUT2D eigenvalue weighted by Crippen LogP contribution is 2.01. The lowest BCUT2D eigenvalue weighted by Crippen LogP contribution is -2.32. The van der Waals surface area contributed by atoms with Crippen LogP contribution in [0.5, 0.6) is 0 Å². The van der Waals surface area contributed by atoms with E-state index in [0.717, 1.165) is 11.3 Å². The number of carbonyl (C=O) groups is 1. The van der Waals surface area contributed by atoms with Gasteiger partial charge >= 0.3 is 6.09 Å². The van der Waals surface area contributed by atoms with Crippen LogP contribution >= 0.6 is 11.8 Å². The second-order valence-electron chi connectivity index (χ2n) is 3.88. The van der Waals surface area contributed by atoms with Crippen LogP contribution in [0.25, 0.3) is 0 Å². The minimum absolute atomic E-state index is 0.230. The van der Waals surface area contributed by atoms with Crippen molar-refractivity contribution >= 4 is 17.9 Å². The maximum absolute atomic E-state index is 11.3. The third-order valence-electron chi connectivity index (χ3n) is 2.35. The van der Waals surface area contributed by atoms with Crippen LogP contribution in [0.15, 0.2) is 30.3 Å². The molecule has 1 atom stereocenters. The van der Waals surface area contributed by atoms with Gasteiger partial charge in [-0.1, -0.05) is 30.3 Å². The van der Waals surface area contributed by atoms with E-state index < -0.39 is 12.2 Å². The van der Waals surface area contributed by atoms with Crippen LogP contribution in [0.3, 0.4) is 0 Å². The molecule has 1 aromatic carbocycles. The molecule has 0 aliphatic carbocycles. The highest BCUT2D eigenvalue weighted by atomic mass is 32.2. The number of aliphatic hydroxyl groups excluding tert-OH is 1. The minimum atomic E-state index is -0.512. The van der Waals surface area contributed by atoms with E-state index in [1.54, 1.807) is 11.8 Å². The zero-order valence-corrected chi connectivity index (χ0v) is 11.3. The van der Waals surface area contributed by atoms with Gasteiger partial charge in [0.2, 0.25) is 0 Å². The Hall–Kier alpha value is -1.20. The highest BCUT2D eigenvalue weighted by molar-refractivity contribution is 7.98. The molecule has 0 aliphatic heterocycles. The number of benzene rings is 1. The highest BCUT2D eigenvalue weighted by Gasteiger charge is 2.07. The lowest BCUT2D eigenvalue weighted by molar-refractivity contribution is 0.125. The summed E-state index contributed by atoms with van der Waals surface area (Å²) in [4.78, 5) is 11.3. The molecule has 1 rings (SSSR count). The molecule has 1 unspecified atom stereocenters. The van der Waals surface area contributed by atoms with Crippen molar-refractivity contribution in [2.75, 3.05) is 18.6 Å². The SMILES string of the molecule is CSCCC(O)CNC(=O)OCc1ccccc1. The Bertz CT molecular complexity index is 345. The van der Waals surface area contributed by atoms with Gasteiger partial charge in [0.05, 0.1) is 6.10 Å². The number of amides is 1. The summed E-state index contributed by atoms with van der Waals surface area (Å²) >= 11 is 1.67. The average molecular weight is 269 g/mol. The molecule has 0 aromatic heterocycles. The summed E-state index contributed by atoms with van der Waals surface area (Å²) < 4.78 is 5.02. The van der Waals surface area contributed by atoms with Crippen LogP contribution in [-0.4, -0.2) is 35.9 Å². The largest absolute Gasteiger partial charge is 0.445 e. The molecule has 0 spiro atoms. The van der Waals surface area contributed by atoms with E-state index in [9.17, 15) is 9.90 Å². The summed E-state index contributed by atoms with van der Waals surface area (Å²) in [5, 5.41) is 12.1. The van der Waals surface area contributed by atoms with Crippen molar-refractivity contribution in [2.24, 2.45) is 0 Å². The Kier molecular flexibility index (Phi) is 7.29. The molecule has 0 saturated heterocycles. The fourth-order valence-corrected chi connectivity index (χ4v) is 1.84. The lowest BCUT2D eigenvalue weighted by Gasteiger charge is -2.11. The number of alkyl carbamates (subject to hydrolysis) is 1. The Morgan fingerprint density at radius 1 is 1.44 bits per heavy atom. The molecule has 0 bridgehead atoms. The summed E-state index contributed by atoms with van der Waals surface area (Å²) in [5.41, 5.74) is 0.940. The fourth-order valence-electron chi connectivity index (χ4n) is 1.33. The second kappa shape index (κ2) is 8.83. The molecular formula is C13H19NO3S. The van der Waals surface area contributed by atoms with Gasteiger partial charge in [-0.3, -0.25) is 0 Å². The maximum atomic E-state index is 11.3. The van der Waals surface area contributed by atoms with Gasteiger partial charge in [-0.2, -0.15) is 11.8 Å². The first-order valence-corrected chi connectivity index (χ1v) is 7.23. The van der Waals surface area contributed by atoms with Crippen molar-refractivity contribution in [1.29, 1.82) is 0 Å². The topological polar surface area (TPSA) is 58.6 Å². The molecule has 0 saturated carbocycles. The first kappa shape index (κ1) is 14.9. The Morgan fingerprint density at radius 2 is 2.17 bits per heavy atom. The van der Waals surface area contributed by atoms with Crippen molar-refractivity contribution in [3.63, 3.8) is 0 Å². The molecule has 0 heterocycles. The quantitative estimate of drug-likeness (QED) is 0.795. The van der Waals surface area contributed by atoms with Crippen LogP contribution in [0, 0.1) is 0 Å². The molecule has 18 heavy (non-hydrogen) atoms. The van der Waals surface area contributed by atoms with Gasteiger partial charge in [-0.15, -0.1) is 0 Å². The van der Waals surface area contributed by atoms with E-state index in [-0.39, 0.29) is 13.2 Å². The van der Waals surface area contributed by atoms with Crippen molar-refractivity contribution in [3.05, 3.63) is 35.9 Å². The van der Waals surface area contributed by atoms with Crippen LogP contribution < -0.4 is 5.32 Å². The Balaban J connectivity index is 2.14. The number of aliphatic hydroxyl groups is 1. The number of carbonyl (C=O) groups excluding carboxylic acids is 1. The Labute approximate surface area is 112 Å². The minimum Gasteiger partial charge on any atom is -0.445 e. The fraction of sp³-hybridized carbons (Fsp3) is 0.462. The molecule has 0 fully saturated rings. The summed E-state index contributed by atoms with van der Waals surface area (Å²) in [5.74, 6) is 0.877. The number of hydrogen-bond donors (Lipinski definition) is 2. The standard InChI is InChI=1S/C13H19NO3S/c1-18-8-7-12(15)9-14-13(16)17-10-11-5-3-2-4-6-11/h2-6,12,15H,7-10H2,1H3,(H,14,16). The van der Waals surface area contributed by atoms with Crippen LogP contribution in [0.4, 0.5) is 4.79 Å². The molecule has 100 valence electrons. The van der Waals surface area contributed by atoms with Gasteiger partial charge in [0, 0.05) is 6.54 Å². The normalized spacial score (nSPS) is 11.9. The van der Waals surface area contributed by atoms with Gasteiger partial charge < -0.3 is 15.2 Å². The van der Waals surface area contributed by atoms with E-state index in [1.165, 1.54) is 0 Å². The molecular weight excluding hydrogens is 250 g/mol. The van der Waals surface area contributed by atoms with Gasteiger partial charge in [-0.05, 0) is 24.0 Å². The van der Waals surface area contributed by atoms with Crippen LogP contribution in [-0.2, 0) is 11.3 Å². The summed E-state index contributed by atoms with van der Waals surface area (Å²) in [6.45, 7) is 0.474. The van der Waals surface area contributed by atoms with Crippen molar-refractivity contribution in [1.82, 2.24) is 5.32 Å². The zero-order chi connectivity index (χ0) is 13.2. The molecule has 1 amide bonds. The van der Waals surface area contributed by atoms with Gasteiger partial charge in [0.15, 0.2) is 0 Å². The van der Waals surface area contributed by atoms with Crippen molar-refractivity contribution < 1.29 is 14.6 Å². The zero-order valence-electron chi connectivity index (χ0n) is 10.5. The van der Waals surface area contributed by atoms with Gasteiger partial charge in [0.25, 0.3) is 0 Å². The molecule has 1 aromatic rings. The lowest BCUT2D eigenvalue weighted by atomic mass is 10.2. The van der Waals surface area contributed by atoms with Crippen LogP contribution in [0.2, 0.25) is 0 Å². The van der Waals surface area contributed by atoms with E-state index in [1.807, 2.05) is 36.6 Å². The third kappa shape index (κ3) is 6.51. The molecule has 5 heteroatoms. The average Bonchev–Trinajstić information content (AvgIpc) is 2.41. The van der Waals surface area contributed by atoms with Gasteiger partial charge in [-0.25, -0.2) is 4.79 Å².